The minimum Gasteiger partial charge on any atom is -0.445 e. The van der Waals surface area contributed by atoms with Gasteiger partial charge in [-0.3, -0.25) is 14.5 Å². The molecule has 0 aliphatic carbocycles. The van der Waals surface area contributed by atoms with Crippen LogP contribution in [0.1, 0.15) is 18.2 Å². The third kappa shape index (κ3) is 4.94. The molecule has 0 saturated carbocycles. The minimum absolute atomic E-state index is 0.121. The zero-order valence-electron chi connectivity index (χ0n) is 14.4. The van der Waals surface area contributed by atoms with Crippen molar-refractivity contribution < 1.29 is 14.3 Å². The highest BCUT2D eigenvalue weighted by molar-refractivity contribution is 5.96. The van der Waals surface area contributed by atoms with Crippen molar-refractivity contribution in [1.82, 2.24) is 9.88 Å². The summed E-state index contributed by atoms with van der Waals surface area (Å²) in [6.45, 7) is 3.42. The molecule has 2 N–H and O–H groups in total. The molecule has 2 amide bonds. The van der Waals surface area contributed by atoms with Crippen molar-refractivity contribution in [1.29, 1.82) is 0 Å². The molecule has 1 atom stereocenters. The number of aromatic nitrogens is 1. The number of benzene rings is 1. The molecule has 0 fully saturated rings. The SMILES string of the molecule is Cc1ccc(NC(=O)[C@H](C)N(C)C(=O)OCc2ccccc2)c(=O)[nH]1. The maximum Gasteiger partial charge on any atom is 0.410 e. The maximum atomic E-state index is 12.3. The number of carbonyl (C=O) groups is 2. The van der Waals surface area contributed by atoms with Gasteiger partial charge in [0, 0.05) is 12.7 Å². The van der Waals surface area contributed by atoms with Gasteiger partial charge in [-0.05, 0) is 31.5 Å². The Labute approximate surface area is 145 Å². The summed E-state index contributed by atoms with van der Waals surface area (Å²) < 4.78 is 5.19. The number of rotatable bonds is 5. The Morgan fingerprint density at radius 3 is 2.52 bits per heavy atom. The highest BCUT2D eigenvalue weighted by atomic mass is 16.6. The number of nitrogens with zero attached hydrogens (tertiary/aromatic N) is 1. The monoisotopic (exact) mass is 343 g/mol. The van der Waals surface area contributed by atoms with E-state index in [0.717, 1.165) is 5.56 Å². The number of amides is 2. The van der Waals surface area contributed by atoms with E-state index >= 15 is 0 Å². The first-order valence-corrected chi connectivity index (χ1v) is 7.83. The lowest BCUT2D eigenvalue weighted by atomic mass is 10.2. The number of ether oxygens (including phenoxy) is 1. The molecule has 0 spiro atoms. The van der Waals surface area contributed by atoms with Gasteiger partial charge in [0.1, 0.15) is 18.3 Å². The van der Waals surface area contributed by atoms with Crippen LogP contribution in [0, 0.1) is 6.92 Å². The van der Waals surface area contributed by atoms with E-state index in [1.54, 1.807) is 19.9 Å². The highest BCUT2D eigenvalue weighted by Gasteiger charge is 2.24. The van der Waals surface area contributed by atoms with Crippen LogP contribution in [0.3, 0.4) is 0 Å². The number of hydrogen-bond acceptors (Lipinski definition) is 4. The van der Waals surface area contributed by atoms with E-state index < -0.39 is 23.6 Å². The van der Waals surface area contributed by atoms with E-state index in [4.69, 9.17) is 4.74 Å². The van der Waals surface area contributed by atoms with Crippen LogP contribution in [0.2, 0.25) is 0 Å². The first-order valence-electron chi connectivity index (χ1n) is 7.83. The molecule has 2 rings (SSSR count). The smallest absolute Gasteiger partial charge is 0.410 e. The van der Waals surface area contributed by atoms with Crippen molar-refractivity contribution in [2.45, 2.75) is 26.5 Å². The standard InChI is InChI=1S/C18H21N3O4/c1-12-9-10-15(17(23)19-12)20-16(22)13(2)21(3)18(24)25-11-14-7-5-4-6-8-14/h4-10,13H,11H2,1-3H3,(H,19,23)(H,20,22)/t13-/m0/s1. The molecule has 7 heteroatoms. The predicted molar refractivity (Wildman–Crippen MR) is 94.3 cm³/mol. The average molecular weight is 343 g/mol. The molecule has 0 unspecified atom stereocenters. The number of carbonyl (C=O) groups excluding carboxylic acids is 2. The Morgan fingerprint density at radius 1 is 1.20 bits per heavy atom. The highest BCUT2D eigenvalue weighted by Crippen LogP contribution is 2.07. The number of pyridine rings is 1. The second kappa shape index (κ2) is 8.14. The van der Waals surface area contributed by atoms with Gasteiger partial charge in [0.2, 0.25) is 5.91 Å². The quantitative estimate of drug-likeness (QED) is 0.871. The second-order valence-electron chi connectivity index (χ2n) is 5.70. The van der Waals surface area contributed by atoms with Crippen LogP contribution in [0.15, 0.2) is 47.3 Å². The molecule has 25 heavy (non-hydrogen) atoms. The average Bonchev–Trinajstić information content (AvgIpc) is 2.61. The summed E-state index contributed by atoms with van der Waals surface area (Å²) in [5, 5.41) is 2.51. The van der Waals surface area contributed by atoms with Crippen LogP contribution in [0.5, 0.6) is 0 Å². The molecule has 0 radical (unpaired) electrons. The van der Waals surface area contributed by atoms with Gasteiger partial charge >= 0.3 is 6.09 Å². The fourth-order valence-corrected chi connectivity index (χ4v) is 2.06. The molecule has 0 aliphatic heterocycles. The lowest BCUT2D eigenvalue weighted by Gasteiger charge is -2.23. The molecule has 1 heterocycles. The maximum absolute atomic E-state index is 12.3. The Hall–Kier alpha value is -3.09. The Morgan fingerprint density at radius 2 is 1.88 bits per heavy atom. The molecule has 0 saturated heterocycles. The van der Waals surface area contributed by atoms with E-state index in [-0.39, 0.29) is 12.3 Å². The third-order valence-corrected chi connectivity index (χ3v) is 3.77. The summed E-state index contributed by atoms with van der Waals surface area (Å²) in [5.41, 5.74) is 1.29. The lowest BCUT2D eigenvalue weighted by Crippen LogP contribution is -2.43. The molecule has 2 aromatic rings. The summed E-state index contributed by atoms with van der Waals surface area (Å²) in [5.74, 6) is -0.478. The predicted octanol–water partition coefficient (Wildman–Crippen LogP) is 2.28. The van der Waals surface area contributed by atoms with Gasteiger partial charge in [-0.2, -0.15) is 0 Å². The van der Waals surface area contributed by atoms with Crippen LogP contribution in [0.25, 0.3) is 0 Å². The van der Waals surface area contributed by atoms with Crippen molar-refractivity contribution in [3.8, 4) is 0 Å². The zero-order chi connectivity index (χ0) is 18.4. The fourth-order valence-electron chi connectivity index (χ4n) is 2.06. The second-order valence-corrected chi connectivity index (χ2v) is 5.70. The normalized spacial score (nSPS) is 11.5. The first kappa shape index (κ1) is 18.3. The Kier molecular flexibility index (Phi) is 5.94. The van der Waals surface area contributed by atoms with Gasteiger partial charge in [0.05, 0.1) is 0 Å². The van der Waals surface area contributed by atoms with Crippen molar-refractivity contribution in [3.63, 3.8) is 0 Å². The molecular weight excluding hydrogens is 322 g/mol. The zero-order valence-corrected chi connectivity index (χ0v) is 14.4. The van der Waals surface area contributed by atoms with Crippen molar-refractivity contribution >= 4 is 17.7 Å². The van der Waals surface area contributed by atoms with Gasteiger partial charge in [-0.15, -0.1) is 0 Å². The fraction of sp³-hybridized carbons (Fsp3) is 0.278. The van der Waals surface area contributed by atoms with Gasteiger partial charge in [0.25, 0.3) is 5.56 Å². The van der Waals surface area contributed by atoms with Gasteiger partial charge in [-0.1, -0.05) is 30.3 Å². The van der Waals surface area contributed by atoms with Gasteiger partial charge < -0.3 is 15.0 Å². The number of hydrogen-bond donors (Lipinski definition) is 2. The van der Waals surface area contributed by atoms with Crippen LogP contribution in [-0.2, 0) is 16.1 Å². The van der Waals surface area contributed by atoms with Crippen LogP contribution in [-0.4, -0.2) is 35.0 Å². The van der Waals surface area contributed by atoms with Crippen molar-refractivity contribution in [2.24, 2.45) is 0 Å². The van der Waals surface area contributed by atoms with Crippen molar-refractivity contribution in [2.75, 3.05) is 12.4 Å². The first-order chi connectivity index (χ1) is 11.9. The number of aryl methyl sites for hydroxylation is 1. The lowest BCUT2D eigenvalue weighted by molar-refractivity contribution is -0.120. The Bertz CT molecular complexity index is 801. The number of anilines is 1. The molecule has 0 aliphatic rings. The molecular formula is C18H21N3O4. The van der Waals surface area contributed by atoms with Crippen LogP contribution >= 0.6 is 0 Å². The molecule has 7 nitrogen and oxygen atoms in total. The number of H-pyrrole nitrogens is 1. The van der Waals surface area contributed by atoms with Gasteiger partial charge in [-0.25, -0.2) is 4.79 Å². The van der Waals surface area contributed by atoms with Crippen LogP contribution in [0.4, 0.5) is 10.5 Å². The van der Waals surface area contributed by atoms with E-state index in [2.05, 4.69) is 10.3 Å². The third-order valence-electron chi connectivity index (χ3n) is 3.77. The molecule has 132 valence electrons. The minimum atomic E-state index is -0.802. The van der Waals surface area contributed by atoms with E-state index in [0.29, 0.717) is 5.69 Å². The summed E-state index contributed by atoms with van der Waals surface area (Å²) in [7, 11) is 1.47. The topological polar surface area (TPSA) is 91.5 Å². The van der Waals surface area contributed by atoms with Crippen molar-refractivity contribution in [3.05, 3.63) is 64.1 Å². The number of nitrogens with one attached hydrogen (secondary N) is 2. The summed E-state index contributed by atoms with van der Waals surface area (Å²) in [6.07, 6.45) is -0.621. The summed E-state index contributed by atoms with van der Waals surface area (Å²) in [6, 6.07) is 11.6. The summed E-state index contributed by atoms with van der Waals surface area (Å²) >= 11 is 0. The Balaban J connectivity index is 1.93. The largest absolute Gasteiger partial charge is 0.445 e. The van der Waals surface area contributed by atoms with Crippen LogP contribution < -0.4 is 10.9 Å². The number of aromatic amines is 1. The van der Waals surface area contributed by atoms with E-state index in [1.165, 1.54) is 18.0 Å². The number of likely N-dealkylation sites (N-methyl/N-ethyl adjacent to an activating group) is 1. The molecule has 1 aromatic carbocycles. The molecule has 1 aromatic heterocycles. The van der Waals surface area contributed by atoms with E-state index in [9.17, 15) is 14.4 Å². The van der Waals surface area contributed by atoms with Gasteiger partial charge in [0.15, 0.2) is 0 Å². The summed E-state index contributed by atoms with van der Waals surface area (Å²) in [4.78, 5) is 39.9. The van der Waals surface area contributed by atoms with E-state index in [1.807, 2.05) is 30.3 Å². The molecule has 0 bridgehead atoms.